The van der Waals surface area contributed by atoms with Gasteiger partial charge in [-0.1, -0.05) is 18.2 Å². The number of hydrogen-bond acceptors (Lipinski definition) is 4. The van der Waals surface area contributed by atoms with Gasteiger partial charge in [0, 0.05) is 18.8 Å². The Hall–Kier alpha value is -2.20. The Morgan fingerprint density at radius 1 is 1.08 bits per heavy atom. The lowest BCUT2D eigenvalue weighted by molar-refractivity contribution is 0.265. The molecule has 2 heterocycles. The standard InChI is InChI=1S/C21H25NO3/c1-24-20-12-14-7-9-22-18-6-4-3-5-16(18)15(8-10-23)11-19(22)17(14)13-21(20)25-2/h3-6,12-13,15,19,23H,7-11H2,1-2H3/t15-,19-/m1/s1. The maximum absolute atomic E-state index is 9.54. The number of nitrogens with zero attached hydrogens (tertiary/aromatic N) is 1. The molecule has 25 heavy (non-hydrogen) atoms. The summed E-state index contributed by atoms with van der Waals surface area (Å²) >= 11 is 0. The maximum Gasteiger partial charge on any atom is 0.161 e. The quantitative estimate of drug-likeness (QED) is 0.923. The monoisotopic (exact) mass is 339 g/mol. The fourth-order valence-corrected chi connectivity index (χ4v) is 4.49. The minimum atomic E-state index is 0.227. The molecule has 0 unspecified atom stereocenters. The van der Waals surface area contributed by atoms with E-state index >= 15 is 0 Å². The summed E-state index contributed by atoms with van der Waals surface area (Å²) < 4.78 is 11.0. The van der Waals surface area contributed by atoms with Gasteiger partial charge in [0.05, 0.1) is 20.3 Å². The summed E-state index contributed by atoms with van der Waals surface area (Å²) in [5.41, 5.74) is 5.37. The molecule has 0 bridgehead atoms. The number of benzene rings is 2. The van der Waals surface area contributed by atoms with Crippen molar-refractivity contribution in [1.29, 1.82) is 0 Å². The van der Waals surface area contributed by atoms with Gasteiger partial charge >= 0.3 is 0 Å². The van der Waals surface area contributed by atoms with Crippen LogP contribution in [0.15, 0.2) is 36.4 Å². The highest BCUT2D eigenvalue weighted by Crippen LogP contribution is 2.49. The van der Waals surface area contributed by atoms with Gasteiger partial charge in [-0.15, -0.1) is 0 Å². The Kier molecular flexibility index (Phi) is 4.30. The number of hydrogen-bond donors (Lipinski definition) is 1. The highest BCUT2D eigenvalue weighted by molar-refractivity contribution is 5.62. The first-order valence-electron chi connectivity index (χ1n) is 8.98. The number of para-hydroxylation sites is 1. The molecule has 2 aromatic carbocycles. The second-order valence-electron chi connectivity index (χ2n) is 6.87. The van der Waals surface area contributed by atoms with Crippen LogP contribution in [0.5, 0.6) is 11.5 Å². The SMILES string of the molecule is COc1cc2c(cc1OC)[C@H]1C[C@@H](CCO)c3ccccc3N1CC2. The number of ether oxygens (including phenoxy) is 2. The number of aliphatic hydroxyl groups is 1. The minimum absolute atomic E-state index is 0.227. The summed E-state index contributed by atoms with van der Waals surface area (Å²) in [6, 6.07) is 13.3. The third-order valence-electron chi connectivity index (χ3n) is 5.67. The summed E-state index contributed by atoms with van der Waals surface area (Å²) in [5.74, 6) is 1.99. The Morgan fingerprint density at radius 3 is 2.60 bits per heavy atom. The van der Waals surface area contributed by atoms with E-state index in [4.69, 9.17) is 9.47 Å². The maximum atomic E-state index is 9.54. The molecule has 132 valence electrons. The van der Waals surface area contributed by atoms with Crippen LogP contribution in [0.2, 0.25) is 0 Å². The van der Waals surface area contributed by atoms with Crippen LogP contribution in [0.1, 0.15) is 41.5 Å². The van der Waals surface area contributed by atoms with Crippen molar-refractivity contribution < 1.29 is 14.6 Å². The molecule has 2 aromatic rings. The molecule has 0 aliphatic carbocycles. The van der Waals surface area contributed by atoms with Crippen molar-refractivity contribution in [2.75, 3.05) is 32.3 Å². The van der Waals surface area contributed by atoms with Crippen molar-refractivity contribution in [2.45, 2.75) is 31.2 Å². The number of methoxy groups -OCH3 is 2. The Bertz CT molecular complexity index is 774. The van der Waals surface area contributed by atoms with Gasteiger partial charge in [0.2, 0.25) is 0 Å². The van der Waals surface area contributed by atoms with Crippen LogP contribution < -0.4 is 14.4 Å². The molecule has 0 spiro atoms. The summed E-state index contributed by atoms with van der Waals surface area (Å²) in [6.07, 6.45) is 2.84. The van der Waals surface area contributed by atoms with Gasteiger partial charge in [0.15, 0.2) is 11.5 Å². The lowest BCUT2D eigenvalue weighted by atomic mass is 9.78. The van der Waals surface area contributed by atoms with Crippen LogP contribution in [-0.2, 0) is 6.42 Å². The molecule has 2 aliphatic rings. The molecule has 0 fully saturated rings. The third-order valence-corrected chi connectivity index (χ3v) is 5.67. The van der Waals surface area contributed by atoms with Crippen molar-refractivity contribution in [3.8, 4) is 11.5 Å². The molecule has 0 amide bonds. The second kappa shape index (κ2) is 6.60. The van der Waals surface area contributed by atoms with Crippen LogP contribution in [0.3, 0.4) is 0 Å². The average Bonchev–Trinajstić information content (AvgIpc) is 2.67. The first-order valence-corrected chi connectivity index (χ1v) is 8.98. The second-order valence-corrected chi connectivity index (χ2v) is 6.87. The van der Waals surface area contributed by atoms with Crippen LogP contribution in [0.4, 0.5) is 5.69 Å². The first kappa shape index (κ1) is 16.3. The number of rotatable bonds is 4. The van der Waals surface area contributed by atoms with Crippen LogP contribution in [0, 0.1) is 0 Å². The number of anilines is 1. The number of aliphatic hydroxyl groups excluding tert-OH is 1. The topological polar surface area (TPSA) is 41.9 Å². The molecule has 2 aliphatic heterocycles. The van der Waals surface area contributed by atoms with Gasteiger partial charge in [-0.05, 0) is 60.1 Å². The third kappa shape index (κ3) is 2.65. The minimum Gasteiger partial charge on any atom is -0.493 e. The highest BCUT2D eigenvalue weighted by Gasteiger charge is 2.36. The van der Waals surface area contributed by atoms with E-state index in [1.54, 1.807) is 14.2 Å². The van der Waals surface area contributed by atoms with Crippen LogP contribution in [0.25, 0.3) is 0 Å². The zero-order valence-electron chi connectivity index (χ0n) is 14.9. The summed E-state index contributed by atoms with van der Waals surface area (Å²) in [4.78, 5) is 2.53. The molecule has 4 heteroatoms. The molecular weight excluding hydrogens is 314 g/mol. The van der Waals surface area contributed by atoms with Crippen molar-refractivity contribution in [3.05, 3.63) is 53.1 Å². The van der Waals surface area contributed by atoms with E-state index in [0.29, 0.717) is 12.0 Å². The number of fused-ring (bicyclic) bond motifs is 5. The van der Waals surface area contributed by atoms with Crippen molar-refractivity contribution in [2.24, 2.45) is 0 Å². The molecule has 0 radical (unpaired) electrons. The molecule has 0 aromatic heterocycles. The van der Waals surface area contributed by atoms with E-state index in [2.05, 4.69) is 41.3 Å². The Labute approximate surface area is 149 Å². The van der Waals surface area contributed by atoms with Gasteiger partial charge in [-0.2, -0.15) is 0 Å². The predicted molar refractivity (Wildman–Crippen MR) is 98.8 cm³/mol. The largest absolute Gasteiger partial charge is 0.493 e. The van der Waals surface area contributed by atoms with Crippen molar-refractivity contribution in [3.63, 3.8) is 0 Å². The zero-order valence-corrected chi connectivity index (χ0v) is 14.9. The lowest BCUT2D eigenvalue weighted by Gasteiger charge is -2.46. The Morgan fingerprint density at radius 2 is 1.84 bits per heavy atom. The molecule has 0 saturated carbocycles. The van der Waals surface area contributed by atoms with Crippen LogP contribution >= 0.6 is 0 Å². The van der Waals surface area contributed by atoms with E-state index < -0.39 is 0 Å². The van der Waals surface area contributed by atoms with Crippen LogP contribution in [-0.4, -0.2) is 32.5 Å². The molecule has 2 atom stereocenters. The molecule has 4 rings (SSSR count). The Balaban J connectivity index is 1.80. The van der Waals surface area contributed by atoms with E-state index in [9.17, 15) is 5.11 Å². The van der Waals surface area contributed by atoms with E-state index in [-0.39, 0.29) is 6.61 Å². The highest BCUT2D eigenvalue weighted by atomic mass is 16.5. The molecule has 4 nitrogen and oxygen atoms in total. The van der Waals surface area contributed by atoms with Crippen molar-refractivity contribution in [1.82, 2.24) is 0 Å². The normalized spacial score (nSPS) is 21.2. The first-order chi connectivity index (χ1) is 12.3. The summed E-state index contributed by atoms with van der Waals surface area (Å²) in [6.45, 7) is 1.24. The van der Waals surface area contributed by atoms with Gasteiger partial charge in [-0.25, -0.2) is 0 Å². The molecule has 1 N–H and O–H groups in total. The molecule has 0 saturated heterocycles. The van der Waals surface area contributed by atoms with Crippen molar-refractivity contribution >= 4 is 5.69 Å². The van der Waals surface area contributed by atoms with E-state index in [1.807, 2.05) is 0 Å². The van der Waals surface area contributed by atoms with E-state index in [0.717, 1.165) is 37.3 Å². The van der Waals surface area contributed by atoms with Gasteiger partial charge in [0.1, 0.15) is 0 Å². The molecular formula is C21H25NO3. The fourth-order valence-electron chi connectivity index (χ4n) is 4.49. The van der Waals surface area contributed by atoms with E-state index in [1.165, 1.54) is 22.4 Å². The predicted octanol–water partition coefficient (Wildman–Crippen LogP) is 3.68. The average molecular weight is 339 g/mol. The zero-order chi connectivity index (χ0) is 17.4. The fraction of sp³-hybridized carbons (Fsp3) is 0.429. The smallest absolute Gasteiger partial charge is 0.161 e. The summed E-state index contributed by atoms with van der Waals surface area (Å²) in [7, 11) is 3.38. The van der Waals surface area contributed by atoms with Gasteiger partial charge < -0.3 is 19.5 Å². The lowest BCUT2D eigenvalue weighted by Crippen LogP contribution is -2.40. The van der Waals surface area contributed by atoms with Gasteiger partial charge in [0.25, 0.3) is 0 Å². The van der Waals surface area contributed by atoms with Gasteiger partial charge in [-0.3, -0.25) is 0 Å². The summed E-state index contributed by atoms with van der Waals surface area (Å²) in [5, 5.41) is 9.54.